The molecular weight excluding hydrogens is 346 g/mol. The molecule has 3 rings (SSSR count). The first-order valence-electron chi connectivity index (χ1n) is 7.22. The number of carbonyl (C=O) groups is 2. The predicted molar refractivity (Wildman–Crippen MR) is 93.4 cm³/mol. The van der Waals surface area contributed by atoms with Gasteiger partial charge in [0.1, 0.15) is 13.1 Å². The lowest BCUT2D eigenvalue weighted by Crippen LogP contribution is -2.33. The molecule has 1 aliphatic rings. The van der Waals surface area contributed by atoms with E-state index in [-0.39, 0.29) is 5.88 Å². The third kappa shape index (κ3) is 3.50. The van der Waals surface area contributed by atoms with Gasteiger partial charge in [0.15, 0.2) is 0 Å². The zero-order chi connectivity index (χ0) is 18.0. The number of thiazole rings is 1. The van der Waals surface area contributed by atoms with Crippen molar-refractivity contribution in [2.75, 3.05) is 6.54 Å². The SMILES string of the molecule is O=C(O)CNC(=O)Cn1c(O)c(/C=C2/C=Nc3ccccc32)sc1=O. The monoisotopic (exact) mass is 359 g/mol. The molecule has 1 amide bonds. The zero-order valence-corrected chi connectivity index (χ0v) is 13.6. The highest BCUT2D eigenvalue weighted by Crippen LogP contribution is 2.34. The van der Waals surface area contributed by atoms with Crippen molar-refractivity contribution in [2.45, 2.75) is 6.54 Å². The van der Waals surface area contributed by atoms with Gasteiger partial charge in [-0.25, -0.2) is 0 Å². The van der Waals surface area contributed by atoms with E-state index in [0.29, 0.717) is 4.88 Å². The fraction of sp³-hybridized carbons (Fsp3) is 0.125. The van der Waals surface area contributed by atoms with Crippen LogP contribution in [0.25, 0.3) is 11.6 Å². The van der Waals surface area contributed by atoms with Crippen LogP contribution in [0.4, 0.5) is 5.69 Å². The smallest absolute Gasteiger partial charge is 0.322 e. The van der Waals surface area contributed by atoms with Crippen LogP contribution in [0.3, 0.4) is 0 Å². The number of hydrogen-bond acceptors (Lipinski definition) is 6. The van der Waals surface area contributed by atoms with Crippen molar-refractivity contribution < 1.29 is 19.8 Å². The molecule has 0 aliphatic carbocycles. The summed E-state index contributed by atoms with van der Waals surface area (Å²) in [5.74, 6) is -2.21. The molecule has 25 heavy (non-hydrogen) atoms. The van der Waals surface area contributed by atoms with Crippen LogP contribution in [0.1, 0.15) is 10.4 Å². The molecule has 0 atom stereocenters. The molecule has 0 unspecified atom stereocenters. The van der Waals surface area contributed by atoms with E-state index in [0.717, 1.165) is 32.7 Å². The molecular formula is C16H13N3O5S. The number of hydrogen-bond donors (Lipinski definition) is 3. The standard InChI is InChI=1S/C16H13N3O5S/c20-13(18-7-14(21)22)8-19-15(23)12(25-16(19)24)5-9-6-17-11-4-2-1-3-10(9)11/h1-6,23H,7-8H2,(H,18,20)(H,21,22)/b9-5-. The van der Waals surface area contributed by atoms with Gasteiger partial charge in [-0.15, -0.1) is 0 Å². The molecule has 1 aliphatic heterocycles. The lowest BCUT2D eigenvalue weighted by molar-refractivity contribution is -0.138. The molecule has 0 fully saturated rings. The van der Waals surface area contributed by atoms with Crippen LogP contribution in [-0.2, 0) is 16.1 Å². The quantitative estimate of drug-likeness (QED) is 0.737. The summed E-state index contributed by atoms with van der Waals surface area (Å²) >= 11 is 0.792. The van der Waals surface area contributed by atoms with Gasteiger partial charge in [-0.05, 0) is 12.1 Å². The van der Waals surface area contributed by atoms with Crippen LogP contribution in [0.15, 0.2) is 34.1 Å². The Labute approximate surface area is 145 Å². The molecule has 3 N–H and O–H groups in total. The van der Waals surface area contributed by atoms with Crippen molar-refractivity contribution in [3.05, 3.63) is 44.4 Å². The maximum Gasteiger partial charge on any atom is 0.322 e. The number of carboxylic acids is 1. The summed E-state index contributed by atoms with van der Waals surface area (Å²) in [6.45, 7) is -1.01. The number of carbonyl (C=O) groups excluding carboxylic acids is 1. The van der Waals surface area contributed by atoms with E-state index < -0.39 is 29.8 Å². The van der Waals surface area contributed by atoms with Crippen molar-refractivity contribution in [1.29, 1.82) is 0 Å². The van der Waals surface area contributed by atoms with E-state index in [1.165, 1.54) is 0 Å². The van der Waals surface area contributed by atoms with Crippen molar-refractivity contribution >= 4 is 46.8 Å². The molecule has 0 saturated heterocycles. The van der Waals surface area contributed by atoms with E-state index in [2.05, 4.69) is 10.3 Å². The van der Waals surface area contributed by atoms with Crippen molar-refractivity contribution in [3.63, 3.8) is 0 Å². The van der Waals surface area contributed by atoms with Gasteiger partial charge in [-0.2, -0.15) is 0 Å². The average Bonchev–Trinajstić information content (AvgIpc) is 3.10. The Morgan fingerprint density at radius 2 is 2.08 bits per heavy atom. The Hall–Kier alpha value is -3.20. The van der Waals surface area contributed by atoms with E-state index in [4.69, 9.17) is 5.11 Å². The highest BCUT2D eigenvalue weighted by molar-refractivity contribution is 7.10. The number of amides is 1. The summed E-state index contributed by atoms with van der Waals surface area (Å²) in [5, 5.41) is 20.9. The van der Waals surface area contributed by atoms with Gasteiger partial charge in [0.25, 0.3) is 0 Å². The largest absolute Gasteiger partial charge is 0.493 e. The van der Waals surface area contributed by atoms with Crippen molar-refractivity contribution in [3.8, 4) is 5.88 Å². The second-order valence-electron chi connectivity index (χ2n) is 5.19. The maximum absolute atomic E-state index is 12.0. The lowest BCUT2D eigenvalue weighted by Gasteiger charge is -2.04. The fourth-order valence-corrected chi connectivity index (χ4v) is 3.15. The van der Waals surface area contributed by atoms with E-state index in [1.807, 2.05) is 24.3 Å². The third-order valence-electron chi connectivity index (χ3n) is 3.48. The number of aliphatic carboxylic acids is 1. The van der Waals surface area contributed by atoms with Crippen LogP contribution < -0.4 is 10.2 Å². The van der Waals surface area contributed by atoms with Gasteiger partial charge >= 0.3 is 10.8 Å². The minimum atomic E-state index is -1.19. The summed E-state index contributed by atoms with van der Waals surface area (Å²) in [6, 6.07) is 7.46. The number of fused-ring (bicyclic) bond motifs is 1. The Balaban J connectivity index is 1.85. The number of nitrogens with one attached hydrogen (secondary N) is 1. The summed E-state index contributed by atoms with van der Waals surface area (Å²) in [4.78, 5) is 38.1. The van der Waals surface area contributed by atoms with Crippen molar-refractivity contribution in [1.82, 2.24) is 9.88 Å². The minimum absolute atomic E-state index is 0.300. The van der Waals surface area contributed by atoms with Gasteiger partial charge < -0.3 is 15.5 Å². The summed E-state index contributed by atoms with van der Waals surface area (Å²) in [5.41, 5.74) is 2.43. The van der Waals surface area contributed by atoms with E-state index in [9.17, 15) is 19.5 Å². The minimum Gasteiger partial charge on any atom is -0.493 e. The average molecular weight is 359 g/mol. The molecule has 2 heterocycles. The number of rotatable bonds is 5. The highest BCUT2D eigenvalue weighted by Gasteiger charge is 2.18. The van der Waals surface area contributed by atoms with Crippen LogP contribution >= 0.6 is 11.3 Å². The number of allylic oxidation sites excluding steroid dienone is 1. The Morgan fingerprint density at radius 1 is 1.32 bits per heavy atom. The predicted octanol–water partition coefficient (Wildman–Crippen LogP) is 1.07. The molecule has 9 heteroatoms. The first-order valence-corrected chi connectivity index (χ1v) is 8.03. The number of carboxylic acid groups (broad SMARTS) is 1. The molecule has 0 spiro atoms. The van der Waals surface area contributed by atoms with Crippen LogP contribution in [-0.4, -0.2) is 39.4 Å². The lowest BCUT2D eigenvalue weighted by atomic mass is 10.1. The van der Waals surface area contributed by atoms with Gasteiger partial charge in [0.05, 0.1) is 10.6 Å². The number of aliphatic imine (C=N–C) groups is 1. The normalized spacial score (nSPS) is 13.8. The molecule has 1 aromatic heterocycles. The summed E-state index contributed by atoms with van der Waals surface area (Å²) in [7, 11) is 0. The number of nitrogens with zero attached hydrogens (tertiary/aromatic N) is 2. The number of aromatic hydroxyl groups is 1. The Kier molecular flexibility index (Phi) is 4.48. The van der Waals surface area contributed by atoms with Gasteiger partial charge in [-0.3, -0.25) is 23.9 Å². The highest BCUT2D eigenvalue weighted by atomic mass is 32.1. The Bertz CT molecular complexity index is 970. The number of aromatic nitrogens is 1. The van der Waals surface area contributed by atoms with Gasteiger partial charge in [0, 0.05) is 17.4 Å². The molecule has 0 bridgehead atoms. The zero-order valence-electron chi connectivity index (χ0n) is 12.8. The maximum atomic E-state index is 12.0. The molecule has 128 valence electrons. The first-order chi connectivity index (χ1) is 12.0. The molecule has 0 radical (unpaired) electrons. The number of benzene rings is 1. The molecule has 1 aromatic carbocycles. The van der Waals surface area contributed by atoms with Gasteiger partial charge in [-0.1, -0.05) is 29.5 Å². The summed E-state index contributed by atoms with van der Waals surface area (Å²) in [6.07, 6.45) is 3.26. The van der Waals surface area contributed by atoms with Crippen molar-refractivity contribution in [2.24, 2.45) is 4.99 Å². The first kappa shape index (κ1) is 16.7. The van der Waals surface area contributed by atoms with Gasteiger partial charge in [0.2, 0.25) is 11.8 Å². The van der Waals surface area contributed by atoms with Crippen LogP contribution in [0.5, 0.6) is 5.88 Å². The third-order valence-corrected chi connectivity index (χ3v) is 4.39. The molecule has 8 nitrogen and oxygen atoms in total. The van der Waals surface area contributed by atoms with E-state index in [1.54, 1.807) is 12.3 Å². The summed E-state index contributed by atoms with van der Waals surface area (Å²) < 4.78 is 0.895. The van der Waals surface area contributed by atoms with Crippen LogP contribution in [0.2, 0.25) is 0 Å². The Morgan fingerprint density at radius 3 is 2.84 bits per heavy atom. The topological polar surface area (TPSA) is 121 Å². The number of para-hydroxylation sites is 1. The van der Waals surface area contributed by atoms with Crippen LogP contribution in [0, 0.1) is 0 Å². The molecule has 0 saturated carbocycles. The second kappa shape index (κ2) is 6.73. The molecule has 2 aromatic rings. The second-order valence-corrected chi connectivity index (χ2v) is 6.18. The van der Waals surface area contributed by atoms with E-state index >= 15 is 0 Å². The fourth-order valence-electron chi connectivity index (χ4n) is 2.32.